The van der Waals surface area contributed by atoms with Crippen molar-refractivity contribution in [2.75, 3.05) is 26.2 Å². The molecule has 1 N–H and O–H groups in total. The van der Waals surface area contributed by atoms with Crippen LogP contribution in [0.25, 0.3) is 0 Å². The smallest absolute Gasteiger partial charge is 0.0602 e. The van der Waals surface area contributed by atoms with Crippen molar-refractivity contribution in [2.24, 2.45) is 0 Å². The van der Waals surface area contributed by atoms with Crippen molar-refractivity contribution in [3.8, 4) is 0 Å². The lowest BCUT2D eigenvalue weighted by Gasteiger charge is -2.36. The third-order valence-electron chi connectivity index (χ3n) is 4.79. The SMILES string of the molecule is Cc1cccc(C(c2ccc(C(C)C)cc2)N2CCNCC2)c1. The fraction of sp³-hybridized carbons (Fsp3) is 0.429. The van der Waals surface area contributed by atoms with E-state index >= 15 is 0 Å². The van der Waals surface area contributed by atoms with Gasteiger partial charge in [-0.15, -0.1) is 0 Å². The van der Waals surface area contributed by atoms with Gasteiger partial charge in [-0.1, -0.05) is 67.9 Å². The van der Waals surface area contributed by atoms with Gasteiger partial charge in [0.25, 0.3) is 0 Å². The van der Waals surface area contributed by atoms with Gasteiger partial charge in [-0.3, -0.25) is 4.90 Å². The summed E-state index contributed by atoms with van der Waals surface area (Å²) in [5, 5.41) is 3.47. The molecule has 3 rings (SSSR count). The minimum absolute atomic E-state index is 0.359. The average molecular weight is 308 g/mol. The molecule has 1 atom stereocenters. The van der Waals surface area contributed by atoms with Crippen molar-refractivity contribution in [3.05, 3.63) is 70.8 Å². The van der Waals surface area contributed by atoms with Crippen LogP contribution in [0.15, 0.2) is 48.5 Å². The quantitative estimate of drug-likeness (QED) is 0.914. The molecule has 0 bridgehead atoms. The van der Waals surface area contributed by atoms with Gasteiger partial charge in [0, 0.05) is 26.2 Å². The van der Waals surface area contributed by atoms with E-state index in [0.717, 1.165) is 26.2 Å². The number of hydrogen-bond donors (Lipinski definition) is 1. The van der Waals surface area contributed by atoms with Crippen molar-refractivity contribution in [2.45, 2.75) is 32.7 Å². The Morgan fingerprint density at radius 3 is 2.13 bits per heavy atom. The van der Waals surface area contributed by atoms with Crippen LogP contribution in [0.4, 0.5) is 0 Å². The number of benzene rings is 2. The molecule has 1 fully saturated rings. The number of nitrogens with zero attached hydrogens (tertiary/aromatic N) is 1. The van der Waals surface area contributed by atoms with Crippen LogP contribution >= 0.6 is 0 Å². The summed E-state index contributed by atoms with van der Waals surface area (Å²) in [4.78, 5) is 2.61. The Kier molecular flexibility index (Phi) is 5.14. The van der Waals surface area contributed by atoms with Gasteiger partial charge in [-0.2, -0.15) is 0 Å². The van der Waals surface area contributed by atoms with E-state index in [1.54, 1.807) is 0 Å². The summed E-state index contributed by atoms with van der Waals surface area (Å²) in [6, 6.07) is 18.6. The van der Waals surface area contributed by atoms with E-state index < -0.39 is 0 Å². The highest BCUT2D eigenvalue weighted by Crippen LogP contribution is 2.30. The molecular formula is C21H28N2. The summed E-state index contributed by atoms with van der Waals surface area (Å²) in [6.07, 6.45) is 0. The van der Waals surface area contributed by atoms with E-state index in [0.29, 0.717) is 12.0 Å². The standard InChI is InChI=1S/C21H28N2/c1-16(2)18-7-9-19(10-8-18)21(23-13-11-22-12-14-23)20-6-4-5-17(3)15-20/h4-10,15-16,21-22H,11-14H2,1-3H3. The molecule has 1 unspecified atom stereocenters. The van der Waals surface area contributed by atoms with Crippen molar-refractivity contribution < 1.29 is 0 Å². The molecule has 1 heterocycles. The summed E-state index contributed by atoms with van der Waals surface area (Å²) in [5.41, 5.74) is 5.56. The summed E-state index contributed by atoms with van der Waals surface area (Å²) >= 11 is 0. The van der Waals surface area contributed by atoms with Crippen LogP contribution in [0, 0.1) is 6.92 Å². The monoisotopic (exact) mass is 308 g/mol. The summed E-state index contributed by atoms with van der Waals surface area (Å²) in [5.74, 6) is 0.584. The Morgan fingerprint density at radius 1 is 0.870 bits per heavy atom. The van der Waals surface area contributed by atoms with E-state index in [9.17, 15) is 0 Å². The lowest BCUT2D eigenvalue weighted by molar-refractivity contribution is 0.198. The molecule has 2 aromatic carbocycles. The zero-order valence-electron chi connectivity index (χ0n) is 14.5. The van der Waals surface area contributed by atoms with Crippen LogP contribution in [0.1, 0.15) is 48.1 Å². The molecule has 1 aliphatic heterocycles. The maximum Gasteiger partial charge on any atom is 0.0602 e. The lowest BCUT2D eigenvalue weighted by atomic mass is 9.93. The molecule has 0 aromatic heterocycles. The van der Waals surface area contributed by atoms with Gasteiger partial charge >= 0.3 is 0 Å². The summed E-state index contributed by atoms with van der Waals surface area (Å²) < 4.78 is 0. The Morgan fingerprint density at radius 2 is 1.52 bits per heavy atom. The molecule has 0 spiro atoms. The third-order valence-corrected chi connectivity index (χ3v) is 4.79. The second-order valence-electron chi connectivity index (χ2n) is 6.92. The predicted octanol–water partition coefficient (Wildman–Crippen LogP) is 4.11. The average Bonchev–Trinajstić information content (AvgIpc) is 2.57. The van der Waals surface area contributed by atoms with E-state index in [1.165, 1.54) is 22.3 Å². The normalized spacial score (nSPS) is 17.4. The number of hydrogen-bond acceptors (Lipinski definition) is 2. The molecule has 0 saturated carbocycles. The molecule has 1 saturated heterocycles. The van der Waals surface area contributed by atoms with Crippen molar-refractivity contribution in [1.29, 1.82) is 0 Å². The first-order chi connectivity index (χ1) is 11.1. The molecule has 0 aliphatic carbocycles. The number of nitrogens with one attached hydrogen (secondary N) is 1. The Labute approximate surface area is 140 Å². The summed E-state index contributed by atoms with van der Waals surface area (Å²) in [7, 11) is 0. The van der Waals surface area contributed by atoms with Gasteiger partial charge in [0.05, 0.1) is 6.04 Å². The van der Waals surface area contributed by atoms with Gasteiger partial charge in [0.2, 0.25) is 0 Å². The number of rotatable bonds is 4. The van der Waals surface area contributed by atoms with E-state index in [-0.39, 0.29) is 0 Å². The minimum atomic E-state index is 0.359. The van der Waals surface area contributed by atoms with Crippen LogP contribution in [0.3, 0.4) is 0 Å². The van der Waals surface area contributed by atoms with E-state index in [2.05, 4.69) is 79.5 Å². The van der Waals surface area contributed by atoms with Gasteiger partial charge in [-0.25, -0.2) is 0 Å². The molecule has 2 nitrogen and oxygen atoms in total. The Balaban J connectivity index is 1.97. The first kappa shape index (κ1) is 16.2. The highest BCUT2D eigenvalue weighted by molar-refractivity contribution is 5.36. The molecular weight excluding hydrogens is 280 g/mol. The topological polar surface area (TPSA) is 15.3 Å². The predicted molar refractivity (Wildman–Crippen MR) is 98.0 cm³/mol. The third kappa shape index (κ3) is 3.82. The van der Waals surface area contributed by atoms with E-state index in [1.807, 2.05) is 0 Å². The fourth-order valence-corrected chi connectivity index (χ4v) is 3.46. The molecule has 122 valence electrons. The minimum Gasteiger partial charge on any atom is -0.314 e. The maximum atomic E-state index is 3.47. The molecule has 1 aliphatic rings. The molecule has 2 aromatic rings. The van der Waals surface area contributed by atoms with Gasteiger partial charge in [0.1, 0.15) is 0 Å². The van der Waals surface area contributed by atoms with Crippen LogP contribution < -0.4 is 5.32 Å². The number of aryl methyl sites for hydroxylation is 1. The largest absolute Gasteiger partial charge is 0.314 e. The fourth-order valence-electron chi connectivity index (χ4n) is 3.46. The molecule has 23 heavy (non-hydrogen) atoms. The summed E-state index contributed by atoms with van der Waals surface area (Å²) in [6.45, 7) is 11.0. The van der Waals surface area contributed by atoms with Crippen molar-refractivity contribution >= 4 is 0 Å². The van der Waals surface area contributed by atoms with Crippen LogP contribution in [0.2, 0.25) is 0 Å². The number of piperazine rings is 1. The van der Waals surface area contributed by atoms with Gasteiger partial charge in [-0.05, 0) is 29.5 Å². The molecule has 0 amide bonds. The van der Waals surface area contributed by atoms with Gasteiger partial charge in [0.15, 0.2) is 0 Å². The lowest BCUT2D eigenvalue weighted by Crippen LogP contribution is -2.45. The highest BCUT2D eigenvalue weighted by atomic mass is 15.2. The molecule has 2 heteroatoms. The Hall–Kier alpha value is -1.64. The van der Waals surface area contributed by atoms with Crippen LogP contribution in [0.5, 0.6) is 0 Å². The van der Waals surface area contributed by atoms with Crippen molar-refractivity contribution in [1.82, 2.24) is 10.2 Å². The second kappa shape index (κ2) is 7.29. The van der Waals surface area contributed by atoms with Crippen molar-refractivity contribution in [3.63, 3.8) is 0 Å². The first-order valence-corrected chi connectivity index (χ1v) is 8.76. The second-order valence-corrected chi connectivity index (χ2v) is 6.92. The van der Waals surface area contributed by atoms with Gasteiger partial charge < -0.3 is 5.32 Å². The highest BCUT2D eigenvalue weighted by Gasteiger charge is 2.23. The zero-order valence-corrected chi connectivity index (χ0v) is 14.5. The van der Waals surface area contributed by atoms with Crippen LogP contribution in [-0.4, -0.2) is 31.1 Å². The maximum absolute atomic E-state index is 3.47. The zero-order chi connectivity index (χ0) is 16.2. The van der Waals surface area contributed by atoms with E-state index in [4.69, 9.17) is 0 Å². The first-order valence-electron chi connectivity index (χ1n) is 8.76. The molecule has 0 radical (unpaired) electrons. The van der Waals surface area contributed by atoms with Crippen LogP contribution in [-0.2, 0) is 0 Å². The Bertz CT molecular complexity index is 625.